The number of hydrogen-bond acceptors (Lipinski definition) is 8. The number of rotatable bonds is 14. The standard InChI is InChI=1S/C41H38ClNO6S/c42-33-19-18-31(21-32(33)22-37-43-23-36(50-37)34-17-10-20-45-34)38-40(47-26-29-13-6-2-7-14-29)41(48-27-30-15-8-3-9-16-30)39(35(24-44)49-38)46-25-28-11-4-1-5-12-28/h1-21,23,35,38-41,44H,22,24-27H2/t35-,38+,39-,40+,41+/m1/s1. The summed E-state index contributed by atoms with van der Waals surface area (Å²) >= 11 is 8.36. The van der Waals surface area contributed by atoms with Crippen LogP contribution >= 0.6 is 22.9 Å². The van der Waals surface area contributed by atoms with Crippen LogP contribution in [0.25, 0.3) is 10.6 Å². The number of benzene rings is 4. The summed E-state index contributed by atoms with van der Waals surface area (Å²) in [6, 6.07) is 39.7. The number of halogens is 1. The lowest BCUT2D eigenvalue weighted by Gasteiger charge is -2.46. The van der Waals surface area contributed by atoms with E-state index >= 15 is 0 Å². The smallest absolute Gasteiger partial charge is 0.145 e. The van der Waals surface area contributed by atoms with Crippen LogP contribution in [0.2, 0.25) is 5.02 Å². The summed E-state index contributed by atoms with van der Waals surface area (Å²) in [5.41, 5.74) is 4.81. The number of thiazole rings is 1. The second kappa shape index (κ2) is 16.7. The van der Waals surface area contributed by atoms with Crippen LogP contribution in [0.1, 0.15) is 38.9 Å². The van der Waals surface area contributed by atoms with Crippen molar-refractivity contribution >= 4 is 22.9 Å². The molecule has 0 saturated carbocycles. The summed E-state index contributed by atoms with van der Waals surface area (Å²) in [5.74, 6) is 0.781. The molecule has 1 aliphatic heterocycles. The van der Waals surface area contributed by atoms with Crippen LogP contribution in [-0.4, -0.2) is 41.1 Å². The van der Waals surface area contributed by atoms with Crippen LogP contribution in [0.3, 0.4) is 0 Å². The molecule has 1 saturated heterocycles. The van der Waals surface area contributed by atoms with Crippen molar-refractivity contribution in [3.63, 3.8) is 0 Å². The lowest BCUT2D eigenvalue weighted by Crippen LogP contribution is -2.58. The van der Waals surface area contributed by atoms with Gasteiger partial charge in [0.25, 0.3) is 0 Å². The van der Waals surface area contributed by atoms with Gasteiger partial charge in [-0.05, 0) is 46.0 Å². The zero-order chi connectivity index (χ0) is 34.1. The molecule has 3 heterocycles. The van der Waals surface area contributed by atoms with Crippen molar-refractivity contribution < 1.29 is 28.5 Å². The fraction of sp³-hybridized carbons (Fsp3) is 0.244. The topological polar surface area (TPSA) is 83.2 Å². The molecule has 0 radical (unpaired) electrons. The Bertz CT molecular complexity index is 1900. The van der Waals surface area contributed by atoms with E-state index in [1.165, 1.54) is 0 Å². The first-order valence-corrected chi connectivity index (χ1v) is 17.8. The first-order chi connectivity index (χ1) is 24.6. The third kappa shape index (κ3) is 8.42. The van der Waals surface area contributed by atoms with Crippen LogP contribution < -0.4 is 0 Å². The first kappa shape index (κ1) is 34.3. The lowest BCUT2D eigenvalue weighted by atomic mass is 9.89. The minimum absolute atomic E-state index is 0.262. The summed E-state index contributed by atoms with van der Waals surface area (Å²) in [4.78, 5) is 5.60. The highest BCUT2D eigenvalue weighted by Crippen LogP contribution is 2.40. The van der Waals surface area contributed by atoms with Crippen molar-refractivity contribution in [2.75, 3.05) is 6.61 Å². The molecule has 0 bridgehead atoms. The number of aromatic nitrogens is 1. The number of nitrogens with zero attached hydrogens (tertiary/aromatic N) is 1. The highest BCUT2D eigenvalue weighted by Gasteiger charge is 2.48. The monoisotopic (exact) mass is 707 g/mol. The van der Waals surface area contributed by atoms with Crippen LogP contribution in [0.5, 0.6) is 0 Å². The molecule has 256 valence electrons. The average molecular weight is 708 g/mol. The molecule has 0 amide bonds. The second-order valence-corrected chi connectivity index (χ2v) is 13.7. The molecule has 7 nitrogen and oxygen atoms in total. The van der Waals surface area contributed by atoms with E-state index < -0.39 is 30.5 Å². The number of hydrogen-bond donors (Lipinski definition) is 1. The Balaban J connectivity index is 1.22. The molecule has 1 aliphatic rings. The van der Waals surface area contributed by atoms with E-state index in [1.807, 2.05) is 128 Å². The molecule has 1 N–H and O–H groups in total. The summed E-state index contributed by atoms with van der Waals surface area (Å²) in [6.07, 6.45) is 0.917. The Hall–Kier alpha value is -4.12. The Kier molecular flexibility index (Phi) is 11.5. The van der Waals surface area contributed by atoms with Gasteiger partial charge in [0, 0.05) is 17.6 Å². The van der Waals surface area contributed by atoms with Gasteiger partial charge >= 0.3 is 0 Å². The van der Waals surface area contributed by atoms with Crippen molar-refractivity contribution in [2.24, 2.45) is 0 Å². The molecule has 0 aliphatic carbocycles. The van der Waals surface area contributed by atoms with Gasteiger partial charge in [0.15, 0.2) is 0 Å². The number of ether oxygens (including phenoxy) is 4. The van der Waals surface area contributed by atoms with Crippen molar-refractivity contribution in [3.05, 3.63) is 172 Å². The van der Waals surface area contributed by atoms with E-state index in [0.717, 1.165) is 43.5 Å². The van der Waals surface area contributed by atoms with E-state index in [-0.39, 0.29) is 6.61 Å². The van der Waals surface area contributed by atoms with Crippen molar-refractivity contribution in [2.45, 2.75) is 56.8 Å². The van der Waals surface area contributed by atoms with Crippen molar-refractivity contribution in [1.29, 1.82) is 0 Å². The Morgan fingerprint density at radius 3 is 1.88 bits per heavy atom. The summed E-state index contributed by atoms with van der Waals surface area (Å²) in [7, 11) is 0. The molecule has 50 heavy (non-hydrogen) atoms. The second-order valence-electron chi connectivity index (χ2n) is 12.2. The van der Waals surface area contributed by atoms with Gasteiger partial charge < -0.3 is 28.5 Å². The molecule has 7 rings (SSSR count). The maximum absolute atomic E-state index is 10.8. The highest BCUT2D eigenvalue weighted by atomic mass is 35.5. The van der Waals surface area contributed by atoms with E-state index in [2.05, 4.69) is 4.98 Å². The number of aliphatic hydroxyl groups excluding tert-OH is 1. The van der Waals surface area contributed by atoms with Gasteiger partial charge in [-0.1, -0.05) is 115 Å². The molecular formula is C41H38ClNO6S. The third-order valence-corrected chi connectivity index (χ3v) is 10.1. The normalized spacial score (nSPS) is 20.6. The van der Waals surface area contributed by atoms with Crippen LogP contribution in [0, 0.1) is 0 Å². The van der Waals surface area contributed by atoms with E-state index in [0.29, 0.717) is 31.3 Å². The van der Waals surface area contributed by atoms with Crippen LogP contribution in [-0.2, 0) is 45.2 Å². The Morgan fingerprint density at radius 2 is 1.30 bits per heavy atom. The number of aliphatic hydroxyl groups is 1. The zero-order valence-electron chi connectivity index (χ0n) is 27.3. The molecule has 0 unspecified atom stereocenters. The fourth-order valence-electron chi connectivity index (χ4n) is 6.20. The predicted molar refractivity (Wildman–Crippen MR) is 194 cm³/mol. The molecule has 6 aromatic rings. The van der Waals surface area contributed by atoms with Crippen LogP contribution in [0.4, 0.5) is 0 Å². The van der Waals surface area contributed by atoms with Crippen molar-refractivity contribution in [3.8, 4) is 10.6 Å². The van der Waals surface area contributed by atoms with E-state index in [9.17, 15) is 5.11 Å². The minimum Gasteiger partial charge on any atom is -0.463 e. The average Bonchev–Trinajstić information content (AvgIpc) is 3.87. The lowest BCUT2D eigenvalue weighted by molar-refractivity contribution is -0.272. The predicted octanol–water partition coefficient (Wildman–Crippen LogP) is 8.84. The summed E-state index contributed by atoms with van der Waals surface area (Å²) < 4.78 is 32.4. The Morgan fingerprint density at radius 1 is 0.700 bits per heavy atom. The third-order valence-electron chi connectivity index (χ3n) is 8.73. The van der Waals surface area contributed by atoms with Gasteiger partial charge in [-0.25, -0.2) is 4.98 Å². The molecule has 1 fully saturated rings. The van der Waals surface area contributed by atoms with Gasteiger partial charge in [-0.3, -0.25) is 0 Å². The molecular weight excluding hydrogens is 670 g/mol. The highest BCUT2D eigenvalue weighted by molar-refractivity contribution is 7.15. The Labute approximate surface area is 301 Å². The quantitative estimate of drug-likeness (QED) is 0.121. The zero-order valence-corrected chi connectivity index (χ0v) is 28.9. The van der Waals surface area contributed by atoms with Gasteiger partial charge in [0.05, 0.1) is 42.6 Å². The maximum Gasteiger partial charge on any atom is 0.145 e. The molecule has 0 spiro atoms. The van der Waals surface area contributed by atoms with Gasteiger partial charge in [0.2, 0.25) is 0 Å². The molecule has 4 aromatic carbocycles. The molecule has 2 aromatic heterocycles. The fourth-order valence-corrected chi connectivity index (χ4v) is 7.29. The van der Waals surface area contributed by atoms with E-state index in [1.54, 1.807) is 17.6 Å². The largest absolute Gasteiger partial charge is 0.463 e. The molecule has 9 heteroatoms. The van der Waals surface area contributed by atoms with Gasteiger partial charge in [-0.2, -0.15) is 0 Å². The minimum atomic E-state index is -0.685. The summed E-state index contributed by atoms with van der Waals surface area (Å²) in [6.45, 7) is 0.731. The molecule has 5 atom stereocenters. The van der Waals surface area contributed by atoms with Gasteiger partial charge in [0.1, 0.15) is 36.3 Å². The maximum atomic E-state index is 10.8. The van der Waals surface area contributed by atoms with Crippen molar-refractivity contribution in [1.82, 2.24) is 4.98 Å². The van der Waals surface area contributed by atoms with Gasteiger partial charge in [-0.15, -0.1) is 11.3 Å². The van der Waals surface area contributed by atoms with Crippen LogP contribution in [0.15, 0.2) is 138 Å². The number of furan rings is 1. The summed E-state index contributed by atoms with van der Waals surface area (Å²) in [5, 5.41) is 12.3. The first-order valence-electron chi connectivity index (χ1n) is 16.6. The van der Waals surface area contributed by atoms with E-state index in [4.69, 9.17) is 35.0 Å². The SMILES string of the molecule is OC[C@H]1O[C@@H](c2ccc(Cl)c(Cc3ncc(-c4ccco4)s3)c2)[C@H](OCc2ccccc2)[C@@H](OCc2ccccc2)[C@@H]1OCc1ccccc1.